The molecule has 0 N–H and O–H groups in total. The summed E-state index contributed by atoms with van der Waals surface area (Å²) in [5.74, 6) is 0.656. The lowest BCUT2D eigenvalue weighted by Gasteiger charge is -2.13. The second-order valence-corrected chi connectivity index (χ2v) is 11.4. The Bertz CT molecular complexity index is 2770. The Morgan fingerprint density at radius 1 is 0.455 bits per heavy atom. The van der Waals surface area contributed by atoms with Gasteiger partial charge in [0.2, 0.25) is 5.95 Å². The monoisotopic (exact) mass is 561 g/mol. The molecule has 0 amide bonds. The zero-order chi connectivity index (χ0) is 28.8. The summed E-state index contributed by atoms with van der Waals surface area (Å²) in [6, 6.07) is 48.9. The molecule has 0 bridgehead atoms. The summed E-state index contributed by atoms with van der Waals surface area (Å²) < 4.78 is 8.66. The van der Waals surface area contributed by atoms with Gasteiger partial charge < -0.3 is 4.42 Å². The number of benzene rings is 7. The summed E-state index contributed by atoms with van der Waals surface area (Å²) in [5.41, 5.74) is 6.89. The molecule has 0 aliphatic carbocycles. The summed E-state index contributed by atoms with van der Waals surface area (Å²) in [6.07, 6.45) is 0. The molecule has 0 aliphatic rings. The molecule has 0 spiro atoms. The molecule has 0 aliphatic heterocycles. The van der Waals surface area contributed by atoms with Gasteiger partial charge in [-0.25, -0.2) is 9.97 Å². The van der Waals surface area contributed by atoms with Crippen molar-refractivity contribution in [2.45, 2.75) is 0 Å². The summed E-state index contributed by atoms with van der Waals surface area (Å²) >= 11 is 0. The van der Waals surface area contributed by atoms with Crippen LogP contribution in [0, 0.1) is 0 Å². The molecule has 4 nitrogen and oxygen atoms in total. The van der Waals surface area contributed by atoms with Gasteiger partial charge in [-0.2, -0.15) is 0 Å². The average molecular weight is 562 g/mol. The Balaban J connectivity index is 1.35. The average Bonchev–Trinajstić information content (AvgIpc) is 3.63. The van der Waals surface area contributed by atoms with E-state index in [-0.39, 0.29) is 0 Å². The molecule has 7 aromatic carbocycles. The molecule has 10 aromatic rings. The van der Waals surface area contributed by atoms with Crippen LogP contribution in [0.5, 0.6) is 0 Å². The first-order valence-corrected chi connectivity index (χ1v) is 14.8. The number of fused-ring (bicyclic) bond motifs is 11. The molecule has 0 fully saturated rings. The first kappa shape index (κ1) is 23.6. The highest BCUT2D eigenvalue weighted by Crippen LogP contribution is 2.40. The summed E-state index contributed by atoms with van der Waals surface area (Å²) in [6.45, 7) is 0. The standard InChI is InChI=1S/C40H23N3O/c1-2-11-25(12-3-1)37-31-21-18-24-10-4-5-13-27(24)38(31)42-40(41-37)43-34-16-8-6-14-28(34)33-23-32-26(22-35(33)43)19-20-30-29-15-7-9-17-36(29)44-39(30)32/h1-23H. The van der Waals surface area contributed by atoms with Crippen LogP contribution >= 0.6 is 0 Å². The van der Waals surface area contributed by atoms with Crippen molar-refractivity contribution in [3.63, 3.8) is 0 Å². The van der Waals surface area contributed by atoms with Crippen molar-refractivity contribution in [3.8, 4) is 17.2 Å². The van der Waals surface area contributed by atoms with E-state index < -0.39 is 0 Å². The number of aromatic nitrogens is 3. The first-order chi connectivity index (χ1) is 21.8. The molecule has 3 heterocycles. The maximum atomic E-state index is 6.44. The van der Waals surface area contributed by atoms with Crippen LogP contribution in [0.2, 0.25) is 0 Å². The van der Waals surface area contributed by atoms with Crippen LogP contribution < -0.4 is 0 Å². The molecule has 204 valence electrons. The van der Waals surface area contributed by atoms with Gasteiger partial charge in [-0.1, -0.05) is 103 Å². The van der Waals surface area contributed by atoms with Crippen molar-refractivity contribution in [1.82, 2.24) is 14.5 Å². The van der Waals surface area contributed by atoms with Crippen LogP contribution in [0.25, 0.3) is 93.4 Å². The van der Waals surface area contributed by atoms with E-state index in [1.165, 1.54) is 0 Å². The summed E-state index contributed by atoms with van der Waals surface area (Å²) in [7, 11) is 0. The van der Waals surface area contributed by atoms with Crippen LogP contribution in [0.4, 0.5) is 0 Å². The minimum atomic E-state index is 0.656. The van der Waals surface area contributed by atoms with Crippen LogP contribution in [0.3, 0.4) is 0 Å². The zero-order valence-electron chi connectivity index (χ0n) is 23.5. The third-order valence-electron chi connectivity index (χ3n) is 8.98. The highest BCUT2D eigenvalue weighted by Gasteiger charge is 2.20. The van der Waals surface area contributed by atoms with E-state index >= 15 is 0 Å². The van der Waals surface area contributed by atoms with Gasteiger partial charge in [-0.3, -0.25) is 4.57 Å². The van der Waals surface area contributed by atoms with Crippen molar-refractivity contribution in [1.29, 1.82) is 0 Å². The van der Waals surface area contributed by atoms with E-state index in [2.05, 4.69) is 126 Å². The van der Waals surface area contributed by atoms with Gasteiger partial charge in [0.25, 0.3) is 0 Å². The molecule has 3 aromatic heterocycles. The van der Waals surface area contributed by atoms with Crippen LogP contribution in [0.1, 0.15) is 0 Å². The second-order valence-electron chi connectivity index (χ2n) is 11.4. The predicted molar refractivity (Wildman–Crippen MR) is 182 cm³/mol. The highest BCUT2D eigenvalue weighted by atomic mass is 16.3. The number of hydrogen-bond donors (Lipinski definition) is 0. The van der Waals surface area contributed by atoms with Crippen molar-refractivity contribution in [3.05, 3.63) is 140 Å². The smallest absolute Gasteiger partial charge is 0.235 e. The third kappa shape index (κ3) is 3.22. The molecule has 4 heteroatoms. The lowest BCUT2D eigenvalue weighted by Crippen LogP contribution is -2.03. The van der Waals surface area contributed by atoms with Crippen molar-refractivity contribution < 1.29 is 4.42 Å². The first-order valence-electron chi connectivity index (χ1n) is 14.8. The third-order valence-corrected chi connectivity index (χ3v) is 8.98. The number of rotatable bonds is 2. The Morgan fingerprint density at radius 2 is 1.18 bits per heavy atom. The lowest BCUT2D eigenvalue weighted by atomic mass is 10.0. The van der Waals surface area contributed by atoms with Gasteiger partial charge in [-0.05, 0) is 47.2 Å². The van der Waals surface area contributed by atoms with E-state index in [9.17, 15) is 0 Å². The molecular weight excluding hydrogens is 538 g/mol. The van der Waals surface area contributed by atoms with E-state index in [4.69, 9.17) is 14.4 Å². The number of hydrogen-bond acceptors (Lipinski definition) is 3. The SMILES string of the molecule is c1ccc(-c2nc(-n3c4ccccc4c4cc5c(ccc6c7ccccc7oc56)cc43)nc3c2ccc2ccccc23)cc1. The Kier molecular flexibility index (Phi) is 4.69. The molecule has 10 rings (SSSR count). The Hall–Kier alpha value is -6.00. The fourth-order valence-corrected chi connectivity index (χ4v) is 6.95. The topological polar surface area (TPSA) is 43.9 Å². The van der Waals surface area contributed by atoms with E-state index in [0.29, 0.717) is 5.95 Å². The normalized spacial score (nSPS) is 12.1. The maximum absolute atomic E-state index is 6.44. The predicted octanol–water partition coefficient (Wildman–Crippen LogP) is 10.6. The van der Waals surface area contributed by atoms with Crippen LogP contribution in [0.15, 0.2) is 144 Å². The summed E-state index contributed by atoms with van der Waals surface area (Å²) in [4.78, 5) is 10.6. The van der Waals surface area contributed by atoms with Gasteiger partial charge in [0.05, 0.1) is 22.2 Å². The second kappa shape index (κ2) is 8.76. The fraction of sp³-hybridized carbons (Fsp3) is 0. The molecule has 0 saturated carbocycles. The quantitative estimate of drug-likeness (QED) is 0.197. The van der Waals surface area contributed by atoms with E-state index in [1.54, 1.807) is 0 Å². The summed E-state index contributed by atoms with van der Waals surface area (Å²) in [5, 5.41) is 10.1. The largest absolute Gasteiger partial charge is 0.455 e. The number of nitrogens with zero attached hydrogens (tertiary/aromatic N) is 3. The lowest BCUT2D eigenvalue weighted by molar-refractivity contribution is 0.672. The minimum absolute atomic E-state index is 0.656. The van der Waals surface area contributed by atoms with E-state index in [1.807, 2.05) is 18.2 Å². The fourth-order valence-electron chi connectivity index (χ4n) is 6.95. The molecule has 0 atom stereocenters. The Morgan fingerprint density at radius 3 is 2.09 bits per heavy atom. The molecule has 0 saturated heterocycles. The highest BCUT2D eigenvalue weighted by molar-refractivity contribution is 6.20. The Labute approximate surface area is 251 Å². The minimum Gasteiger partial charge on any atom is -0.455 e. The van der Waals surface area contributed by atoms with Gasteiger partial charge in [0.15, 0.2) is 0 Å². The van der Waals surface area contributed by atoms with Gasteiger partial charge in [0.1, 0.15) is 11.2 Å². The molecule has 44 heavy (non-hydrogen) atoms. The van der Waals surface area contributed by atoms with Crippen molar-refractivity contribution in [2.24, 2.45) is 0 Å². The molecular formula is C40H23N3O. The van der Waals surface area contributed by atoms with Gasteiger partial charge >= 0.3 is 0 Å². The number of para-hydroxylation sites is 2. The number of furan rings is 1. The zero-order valence-corrected chi connectivity index (χ0v) is 23.5. The molecule has 0 unspecified atom stereocenters. The maximum Gasteiger partial charge on any atom is 0.235 e. The van der Waals surface area contributed by atoms with Gasteiger partial charge in [0, 0.05) is 43.3 Å². The van der Waals surface area contributed by atoms with E-state index in [0.717, 1.165) is 87.4 Å². The van der Waals surface area contributed by atoms with Crippen molar-refractivity contribution in [2.75, 3.05) is 0 Å². The van der Waals surface area contributed by atoms with Crippen LogP contribution in [-0.4, -0.2) is 14.5 Å². The van der Waals surface area contributed by atoms with Crippen molar-refractivity contribution >= 4 is 76.2 Å². The van der Waals surface area contributed by atoms with Crippen LogP contribution in [-0.2, 0) is 0 Å². The van der Waals surface area contributed by atoms with Gasteiger partial charge in [-0.15, -0.1) is 0 Å². The molecule has 0 radical (unpaired) electrons.